The zero-order valence-corrected chi connectivity index (χ0v) is 15.6. The molecule has 0 aliphatic carbocycles. The van der Waals surface area contributed by atoms with Crippen molar-refractivity contribution in [2.75, 3.05) is 13.1 Å². The van der Waals surface area contributed by atoms with Crippen molar-refractivity contribution >= 4 is 29.7 Å². The molecule has 0 saturated carbocycles. The molecule has 0 aromatic heterocycles. The van der Waals surface area contributed by atoms with E-state index in [0.717, 1.165) is 5.56 Å². The van der Waals surface area contributed by atoms with Crippen LogP contribution in [0.15, 0.2) is 30.3 Å². The topological polar surface area (TPSA) is 188 Å². The number of amides is 3. The van der Waals surface area contributed by atoms with Crippen LogP contribution in [0.25, 0.3) is 0 Å². The molecule has 0 bridgehead atoms. The molecule has 7 N–H and O–H groups in total. The van der Waals surface area contributed by atoms with E-state index in [1.54, 1.807) is 30.3 Å². The molecule has 0 aliphatic heterocycles. The number of carboxylic acids is 2. The third-order valence-electron chi connectivity index (χ3n) is 3.78. The van der Waals surface area contributed by atoms with Crippen molar-refractivity contribution in [2.45, 2.75) is 31.3 Å². The second kappa shape index (κ2) is 12.1. The largest absolute Gasteiger partial charge is 0.481 e. The third-order valence-corrected chi connectivity index (χ3v) is 3.78. The summed E-state index contributed by atoms with van der Waals surface area (Å²) < 4.78 is 0. The molecule has 0 radical (unpaired) electrons. The van der Waals surface area contributed by atoms with Crippen molar-refractivity contribution in [1.29, 1.82) is 0 Å². The number of carbonyl (C=O) groups excluding carboxylic acids is 3. The van der Waals surface area contributed by atoms with E-state index in [9.17, 15) is 24.0 Å². The van der Waals surface area contributed by atoms with Gasteiger partial charge in [-0.05, 0) is 12.0 Å². The fourth-order valence-corrected chi connectivity index (χ4v) is 2.28. The summed E-state index contributed by atoms with van der Waals surface area (Å²) >= 11 is 0. The van der Waals surface area contributed by atoms with Gasteiger partial charge in [-0.2, -0.15) is 0 Å². The van der Waals surface area contributed by atoms with Crippen molar-refractivity contribution in [2.24, 2.45) is 5.73 Å². The fraction of sp³-hybridized carbons (Fsp3) is 0.389. The van der Waals surface area contributed by atoms with Gasteiger partial charge in [0.1, 0.15) is 12.6 Å². The van der Waals surface area contributed by atoms with Gasteiger partial charge in [0.15, 0.2) is 0 Å². The van der Waals surface area contributed by atoms with Crippen molar-refractivity contribution in [3.8, 4) is 0 Å². The summed E-state index contributed by atoms with van der Waals surface area (Å²) in [6.07, 6.45) is -0.285. The number of hydrogen-bond donors (Lipinski definition) is 6. The summed E-state index contributed by atoms with van der Waals surface area (Å²) in [5.41, 5.74) is 6.41. The maximum atomic E-state index is 12.5. The van der Waals surface area contributed by atoms with Gasteiger partial charge >= 0.3 is 11.9 Å². The van der Waals surface area contributed by atoms with Gasteiger partial charge in [0.2, 0.25) is 17.7 Å². The minimum atomic E-state index is -1.23. The molecule has 11 nitrogen and oxygen atoms in total. The molecule has 0 heterocycles. The van der Waals surface area contributed by atoms with E-state index in [0.29, 0.717) is 0 Å². The van der Waals surface area contributed by atoms with Gasteiger partial charge < -0.3 is 31.9 Å². The highest BCUT2D eigenvalue weighted by Gasteiger charge is 2.24. The summed E-state index contributed by atoms with van der Waals surface area (Å²) in [5, 5.41) is 24.1. The number of carbonyl (C=O) groups is 5. The van der Waals surface area contributed by atoms with E-state index in [4.69, 9.17) is 15.9 Å². The molecule has 11 heteroatoms. The molecule has 0 fully saturated rings. The lowest BCUT2D eigenvalue weighted by molar-refractivity contribution is -0.138. The molecule has 1 aromatic rings. The maximum absolute atomic E-state index is 12.5. The molecule has 0 saturated heterocycles. The van der Waals surface area contributed by atoms with Crippen molar-refractivity contribution in [1.82, 2.24) is 16.0 Å². The van der Waals surface area contributed by atoms with Crippen LogP contribution in [-0.4, -0.2) is 65.0 Å². The predicted octanol–water partition coefficient (Wildman–Crippen LogP) is -1.78. The number of nitrogens with one attached hydrogen (secondary N) is 3. The third kappa shape index (κ3) is 9.86. The first-order valence-corrected chi connectivity index (χ1v) is 8.77. The number of benzene rings is 1. The van der Waals surface area contributed by atoms with Crippen LogP contribution >= 0.6 is 0 Å². The van der Waals surface area contributed by atoms with Gasteiger partial charge in [0.05, 0.1) is 12.6 Å². The molecule has 2 unspecified atom stereocenters. The molecule has 0 aliphatic rings. The Kier molecular flexibility index (Phi) is 9.82. The lowest BCUT2D eigenvalue weighted by Crippen LogP contribution is -2.53. The van der Waals surface area contributed by atoms with E-state index in [1.165, 1.54) is 0 Å². The molecule has 3 amide bonds. The molecule has 29 heavy (non-hydrogen) atoms. The summed E-state index contributed by atoms with van der Waals surface area (Å²) in [7, 11) is 0. The zero-order valence-electron chi connectivity index (χ0n) is 15.6. The lowest BCUT2D eigenvalue weighted by atomic mass is 10.0. The van der Waals surface area contributed by atoms with Gasteiger partial charge in [-0.15, -0.1) is 0 Å². The second-order valence-electron chi connectivity index (χ2n) is 6.18. The average molecular weight is 408 g/mol. The highest BCUT2D eigenvalue weighted by molar-refractivity contribution is 5.92. The Bertz CT molecular complexity index is 739. The van der Waals surface area contributed by atoms with Gasteiger partial charge in [-0.25, -0.2) is 0 Å². The van der Waals surface area contributed by atoms with E-state index in [2.05, 4.69) is 16.0 Å². The molecular formula is C18H24N4O7. The number of nitrogens with two attached hydrogens (primary N) is 1. The van der Waals surface area contributed by atoms with Crippen molar-refractivity contribution < 1.29 is 34.2 Å². The number of aliphatic carboxylic acids is 2. The fourth-order valence-electron chi connectivity index (χ4n) is 2.28. The van der Waals surface area contributed by atoms with Crippen LogP contribution in [0, 0.1) is 0 Å². The van der Waals surface area contributed by atoms with Gasteiger partial charge in [-0.3, -0.25) is 24.0 Å². The van der Waals surface area contributed by atoms with Crippen LogP contribution in [0.5, 0.6) is 0 Å². The molecular weight excluding hydrogens is 384 g/mol. The molecule has 2 atom stereocenters. The Morgan fingerprint density at radius 1 is 0.897 bits per heavy atom. The number of carboxylic acid groups (broad SMARTS) is 2. The molecule has 158 valence electrons. The quantitative estimate of drug-likeness (QED) is 0.234. The minimum absolute atomic E-state index is 0.0988. The normalized spacial score (nSPS) is 12.3. The Morgan fingerprint density at radius 2 is 1.55 bits per heavy atom. The highest BCUT2D eigenvalue weighted by atomic mass is 16.4. The van der Waals surface area contributed by atoms with E-state index < -0.39 is 54.8 Å². The van der Waals surface area contributed by atoms with Crippen LogP contribution in [0.1, 0.15) is 18.4 Å². The Balaban J connectivity index is 2.73. The summed E-state index contributed by atoms with van der Waals surface area (Å²) in [6, 6.07) is 6.61. The minimum Gasteiger partial charge on any atom is -0.481 e. The van der Waals surface area contributed by atoms with Crippen LogP contribution in [0.4, 0.5) is 0 Å². The van der Waals surface area contributed by atoms with Gasteiger partial charge in [0.25, 0.3) is 0 Å². The Morgan fingerprint density at radius 3 is 2.14 bits per heavy atom. The van der Waals surface area contributed by atoms with Crippen LogP contribution in [-0.2, 0) is 30.4 Å². The molecule has 1 aromatic carbocycles. The van der Waals surface area contributed by atoms with E-state index in [1.807, 2.05) is 0 Å². The first kappa shape index (κ1) is 23.6. The van der Waals surface area contributed by atoms with E-state index >= 15 is 0 Å². The predicted molar refractivity (Wildman–Crippen MR) is 101 cm³/mol. The Labute approximate surface area is 166 Å². The Hall–Kier alpha value is -3.47. The SMILES string of the molecule is NC(CCC(=O)O)C(=O)NC(Cc1ccccc1)C(=O)NCC(=O)NCC(=O)O. The first-order chi connectivity index (χ1) is 13.7. The summed E-state index contributed by atoms with van der Waals surface area (Å²) in [5.74, 6) is -4.40. The van der Waals surface area contributed by atoms with Crippen molar-refractivity contribution in [3.05, 3.63) is 35.9 Å². The van der Waals surface area contributed by atoms with E-state index in [-0.39, 0.29) is 19.3 Å². The van der Waals surface area contributed by atoms with Crippen LogP contribution in [0.3, 0.4) is 0 Å². The number of hydrogen-bond acceptors (Lipinski definition) is 6. The smallest absolute Gasteiger partial charge is 0.322 e. The van der Waals surface area contributed by atoms with Crippen molar-refractivity contribution in [3.63, 3.8) is 0 Å². The summed E-state index contributed by atoms with van der Waals surface area (Å²) in [4.78, 5) is 57.3. The van der Waals surface area contributed by atoms with Gasteiger partial charge in [0, 0.05) is 12.8 Å². The summed E-state index contributed by atoms with van der Waals surface area (Å²) in [6.45, 7) is -1.06. The second-order valence-corrected chi connectivity index (χ2v) is 6.18. The van der Waals surface area contributed by atoms with Gasteiger partial charge in [-0.1, -0.05) is 30.3 Å². The highest BCUT2D eigenvalue weighted by Crippen LogP contribution is 2.05. The molecule has 1 rings (SSSR count). The zero-order chi connectivity index (χ0) is 21.8. The molecule has 0 spiro atoms. The lowest BCUT2D eigenvalue weighted by Gasteiger charge is -2.20. The first-order valence-electron chi connectivity index (χ1n) is 8.77. The van der Waals surface area contributed by atoms with Crippen LogP contribution < -0.4 is 21.7 Å². The maximum Gasteiger partial charge on any atom is 0.322 e. The monoisotopic (exact) mass is 408 g/mol. The average Bonchev–Trinajstić information content (AvgIpc) is 2.68. The standard InChI is InChI=1S/C18H24N4O7/c19-12(6-7-15(24)25)17(28)22-13(8-11-4-2-1-3-5-11)18(29)21-9-14(23)20-10-16(26)27/h1-5,12-13H,6-10,19H2,(H,20,23)(H,21,29)(H,22,28)(H,24,25)(H,26,27). The van der Waals surface area contributed by atoms with Crippen LogP contribution in [0.2, 0.25) is 0 Å². The number of rotatable bonds is 12.